The maximum Gasteiger partial charge on any atom is 0.227 e. The molecule has 0 bridgehead atoms. The molecule has 3 nitrogen and oxygen atoms in total. The van der Waals surface area contributed by atoms with E-state index in [1.807, 2.05) is 7.05 Å². The van der Waals surface area contributed by atoms with E-state index in [-0.39, 0.29) is 11.4 Å². The Kier molecular flexibility index (Phi) is 2.67. The highest BCUT2D eigenvalue weighted by atomic mass is 16.2. The average Bonchev–Trinajstić information content (AvgIpc) is 2.82. The Labute approximate surface area is 108 Å². The number of hydrogen-bond donors (Lipinski definition) is 1. The molecule has 1 N–H and O–H groups in total. The predicted molar refractivity (Wildman–Crippen MR) is 72.8 cm³/mol. The smallest absolute Gasteiger partial charge is 0.227 e. The maximum atomic E-state index is 11.7. The van der Waals surface area contributed by atoms with E-state index in [2.05, 4.69) is 30.4 Å². The quantitative estimate of drug-likeness (QED) is 0.821. The summed E-state index contributed by atoms with van der Waals surface area (Å²) in [6, 6.07) is 6.57. The zero-order chi connectivity index (χ0) is 12.8. The lowest BCUT2D eigenvalue weighted by Crippen LogP contribution is -2.34. The average molecular weight is 244 g/mol. The number of carbonyl (C=O) groups is 1. The number of anilines is 1. The van der Waals surface area contributed by atoms with Gasteiger partial charge in [-0.3, -0.25) is 4.79 Å². The van der Waals surface area contributed by atoms with Crippen molar-refractivity contribution in [3.8, 4) is 0 Å². The van der Waals surface area contributed by atoms with Crippen LogP contribution in [0.25, 0.3) is 0 Å². The molecule has 18 heavy (non-hydrogen) atoms. The molecule has 1 aromatic rings. The van der Waals surface area contributed by atoms with Gasteiger partial charge in [-0.25, -0.2) is 0 Å². The number of carbonyl (C=O) groups excluding carboxylic acids is 1. The van der Waals surface area contributed by atoms with Gasteiger partial charge in [-0.05, 0) is 49.9 Å². The summed E-state index contributed by atoms with van der Waals surface area (Å²) >= 11 is 0. The van der Waals surface area contributed by atoms with Crippen molar-refractivity contribution in [2.24, 2.45) is 0 Å². The van der Waals surface area contributed by atoms with Crippen LogP contribution in [-0.4, -0.2) is 19.5 Å². The second kappa shape index (κ2) is 4.09. The Morgan fingerprint density at radius 3 is 2.89 bits per heavy atom. The van der Waals surface area contributed by atoms with Crippen molar-refractivity contribution >= 4 is 11.6 Å². The molecule has 2 aliphatic rings. The molecular formula is C15H20N2O. The van der Waals surface area contributed by atoms with Crippen LogP contribution in [0.2, 0.25) is 0 Å². The number of rotatable bonds is 1. The van der Waals surface area contributed by atoms with Gasteiger partial charge in [0.1, 0.15) is 0 Å². The minimum Gasteiger partial charge on any atom is -0.315 e. The van der Waals surface area contributed by atoms with Gasteiger partial charge in [0.05, 0.1) is 0 Å². The highest BCUT2D eigenvalue weighted by Gasteiger charge is 2.31. The van der Waals surface area contributed by atoms with Crippen molar-refractivity contribution in [3.63, 3.8) is 0 Å². The highest BCUT2D eigenvalue weighted by molar-refractivity contribution is 5.95. The van der Waals surface area contributed by atoms with Gasteiger partial charge in [0.15, 0.2) is 0 Å². The van der Waals surface area contributed by atoms with E-state index in [0.29, 0.717) is 6.42 Å². The SMILES string of the molecule is CN1C(=O)CCc2cc(C3(C)CCCN3)ccc21. The second-order valence-electron chi connectivity index (χ2n) is 5.66. The standard InChI is InChI=1S/C15H20N2O/c1-15(8-3-9-16-15)12-5-6-13-11(10-12)4-7-14(18)17(13)2/h5-6,10,16H,3-4,7-9H2,1-2H3. The first-order valence-electron chi connectivity index (χ1n) is 6.75. The number of hydrogen-bond acceptors (Lipinski definition) is 2. The number of nitrogens with zero attached hydrogens (tertiary/aromatic N) is 1. The number of fused-ring (bicyclic) bond motifs is 1. The fourth-order valence-corrected chi connectivity index (χ4v) is 3.14. The van der Waals surface area contributed by atoms with Gasteiger partial charge in [0.25, 0.3) is 0 Å². The van der Waals surface area contributed by atoms with Crippen LogP contribution in [0.1, 0.15) is 37.3 Å². The summed E-state index contributed by atoms with van der Waals surface area (Å²) in [5.41, 5.74) is 3.87. The normalized spacial score (nSPS) is 27.4. The summed E-state index contributed by atoms with van der Waals surface area (Å²) in [5, 5.41) is 3.60. The van der Waals surface area contributed by atoms with E-state index in [0.717, 1.165) is 18.7 Å². The van der Waals surface area contributed by atoms with Gasteiger partial charge < -0.3 is 10.2 Å². The summed E-state index contributed by atoms with van der Waals surface area (Å²) in [5.74, 6) is 0.223. The van der Waals surface area contributed by atoms with Crippen molar-refractivity contribution in [1.29, 1.82) is 0 Å². The summed E-state index contributed by atoms with van der Waals surface area (Å²) in [7, 11) is 1.87. The molecule has 2 aliphatic heterocycles. The van der Waals surface area contributed by atoms with Gasteiger partial charge in [0.2, 0.25) is 5.91 Å². The van der Waals surface area contributed by atoms with Crippen molar-refractivity contribution in [2.75, 3.05) is 18.5 Å². The fourth-order valence-electron chi connectivity index (χ4n) is 3.14. The van der Waals surface area contributed by atoms with E-state index in [1.54, 1.807) is 4.90 Å². The molecule has 0 spiro atoms. The van der Waals surface area contributed by atoms with E-state index in [1.165, 1.54) is 24.0 Å². The molecule has 0 radical (unpaired) electrons. The minimum atomic E-state index is 0.120. The van der Waals surface area contributed by atoms with Gasteiger partial charge in [0, 0.05) is 24.7 Å². The molecular weight excluding hydrogens is 224 g/mol. The molecule has 1 atom stereocenters. The van der Waals surface area contributed by atoms with Crippen LogP contribution in [-0.2, 0) is 16.8 Å². The van der Waals surface area contributed by atoms with Gasteiger partial charge in [-0.2, -0.15) is 0 Å². The largest absolute Gasteiger partial charge is 0.315 e. The lowest BCUT2D eigenvalue weighted by Gasteiger charge is -2.30. The molecule has 2 heterocycles. The zero-order valence-electron chi connectivity index (χ0n) is 11.1. The summed E-state index contributed by atoms with van der Waals surface area (Å²) in [6.07, 6.45) is 3.95. The molecule has 3 heteroatoms. The number of amides is 1. The first-order chi connectivity index (χ1) is 8.60. The summed E-state index contributed by atoms with van der Waals surface area (Å²) < 4.78 is 0. The summed E-state index contributed by atoms with van der Waals surface area (Å²) in [6.45, 7) is 3.38. The van der Waals surface area contributed by atoms with Crippen LogP contribution in [0.5, 0.6) is 0 Å². The van der Waals surface area contributed by atoms with Crippen molar-refractivity contribution in [3.05, 3.63) is 29.3 Å². The topological polar surface area (TPSA) is 32.3 Å². The Morgan fingerprint density at radius 2 is 2.17 bits per heavy atom. The van der Waals surface area contributed by atoms with Crippen LogP contribution >= 0.6 is 0 Å². The molecule has 3 rings (SSSR count). The molecule has 0 aromatic heterocycles. The zero-order valence-corrected chi connectivity index (χ0v) is 11.1. The predicted octanol–water partition coefficient (Wildman–Crippen LogP) is 2.19. The van der Waals surface area contributed by atoms with Crippen LogP contribution in [0, 0.1) is 0 Å². The minimum absolute atomic E-state index is 0.120. The van der Waals surface area contributed by atoms with Gasteiger partial charge in [-0.1, -0.05) is 12.1 Å². The molecule has 1 aromatic carbocycles. The fraction of sp³-hybridized carbons (Fsp3) is 0.533. The lowest BCUT2D eigenvalue weighted by molar-refractivity contribution is -0.118. The summed E-state index contributed by atoms with van der Waals surface area (Å²) in [4.78, 5) is 13.5. The molecule has 1 saturated heterocycles. The van der Waals surface area contributed by atoms with E-state index < -0.39 is 0 Å². The van der Waals surface area contributed by atoms with E-state index >= 15 is 0 Å². The second-order valence-corrected chi connectivity index (χ2v) is 5.66. The highest BCUT2D eigenvalue weighted by Crippen LogP contribution is 2.35. The Morgan fingerprint density at radius 1 is 1.33 bits per heavy atom. The Balaban J connectivity index is 1.99. The van der Waals surface area contributed by atoms with Crippen molar-refractivity contribution in [2.45, 2.75) is 38.1 Å². The van der Waals surface area contributed by atoms with Gasteiger partial charge >= 0.3 is 0 Å². The molecule has 1 amide bonds. The molecule has 0 saturated carbocycles. The van der Waals surface area contributed by atoms with Crippen LogP contribution in [0.4, 0.5) is 5.69 Å². The monoisotopic (exact) mass is 244 g/mol. The lowest BCUT2D eigenvalue weighted by atomic mass is 9.87. The van der Waals surface area contributed by atoms with Crippen molar-refractivity contribution in [1.82, 2.24) is 5.32 Å². The molecule has 96 valence electrons. The van der Waals surface area contributed by atoms with Crippen molar-refractivity contribution < 1.29 is 4.79 Å². The van der Waals surface area contributed by atoms with Crippen LogP contribution in [0.15, 0.2) is 18.2 Å². The number of nitrogens with one attached hydrogen (secondary N) is 1. The molecule has 0 aliphatic carbocycles. The first-order valence-corrected chi connectivity index (χ1v) is 6.75. The first kappa shape index (κ1) is 11.7. The third-order valence-corrected chi connectivity index (χ3v) is 4.43. The van der Waals surface area contributed by atoms with Gasteiger partial charge in [-0.15, -0.1) is 0 Å². The van der Waals surface area contributed by atoms with E-state index in [9.17, 15) is 4.79 Å². The van der Waals surface area contributed by atoms with Crippen LogP contribution < -0.4 is 10.2 Å². The molecule has 1 fully saturated rings. The maximum absolute atomic E-state index is 11.7. The number of aryl methyl sites for hydroxylation is 1. The third kappa shape index (κ3) is 1.74. The third-order valence-electron chi connectivity index (χ3n) is 4.43. The molecule has 1 unspecified atom stereocenters. The van der Waals surface area contributed by atoms with Crippen LogP contribution in [0.3, 0.4) is 0 Å². The van der Waals surface area contributed by atoms with E-state index in [4.69, 9.17) is 0 Å². The Hall–Kier alpha value is -1.35. The number of benzene rings is 1. The Bertz CT molecular complexity index is 489.